The average molecular weight is 275 g/mol. The molecule has 1 heterocycles. The fourth-order valence-corrected chi connectivity index (χ4v) is 1.94. The molecule has 0 unspecified atom stereocenters. The van der Waals surface area contributed by atoms with Gasteiger partial charge in [0.25, 0.3) is 5.89 Å². The van der Waals surface area contributed by atoms with Crippen molar-refractivity contribution in [2.75, 3.05) is 13.1 Å². The maximum atomic E-state index is 10.8. The highest BCUT2D eigenvalue weighted by atomic mass is 16.5. The smallest absolute Gasteiger partial charge is 0.317 e. The first-order chi connectivity index (χ1) is 9.69. The summed E-state index contributed by atoms with van der Waals surface area (Å²) in [4.78, 5) is 16.9. The van der Waals surface area contributed by atoms with E-state index in [4.69, 9.17) is 9.63 Å². The molecular formula is C14H17N3O3. The van der Waals surface area contributed by atoms with Crippen LogP contribution in [0.4, 0.5) is 0 Å². The van der Waals surface area contributed by atoms with Crippen LogP contribution in [0.2, 0.25) is 0 Å². The van der Waals surface area contributed by atoms with Gasteiger partial charge in [0.05, 0.1) is 13.1 Å². The normalized spacial score (nSPS) is 10.9. The lowest BCUT2D eigenvalue weighted by atomic mass is 10.2. The lowest BCUT2D eigenvalue weighted by Gasteiger charge is -2.16. The van der Waals surface area contributed by atoms with E-state index in [0.29, 0.717) is 24.8 Å². The van der Waals surface area contributed by atoms with Crippen LogP contribution in [0.1, 0.15) is 19.2 Å². The number of hydrogen-bond acceptors (Lipinski definition) is 5. The second-order valence-electron chi connectivity index (χ2n) is 4.49. The zero-order chi connectivity index (χ0) is 14.4. The van der Waals surface area contributed by atoms with Crippen molar-refractivity contribution < 1.29 is 14.4 Å². The molecule has 0 aliphatic carbocycles. The van der Waals surface area contributed by atoms with Crippen molar-refractivity contribution in [2.45, 2.75) is 19.9 Å². The zero-order valence-electron chi connectivity index (χ0n) is 11.3. The molecule has 0 amide bonds. The van der Waals surface area contributed by atoms with Gasteiger partial charge in [-0.25, -0.2) is 0 Å². The van der Waals surface area contributed by atoms with Crippen molar-refractivity contribution in [1.82, 2.24) is 15.0 Å². The second-order valence-corrected chi connectivity index (χ2v) is 4.49. The third kappa shape index (κ3) is 3.89. The van der Waals surface area contributed by atoms with Gasteiger partial charge in [-0.05, 0) is 25.1 Å². The SMILES string of the molecule is CCCN(CC(=O)O)Cc1noc(-c2ccccc2)n1. The average Bonchev–Trinajstić information content (AvgIpc) is 2.88. The number of benzene rings is 1. The minimum Gasteiger partial charge on any atom is -0.480 e. The first kappa shape index (κ1) is 14.2. The lowest BCUT2D eigenvalue weighted by Crippen LogP contribution is -2.30. The Balaban J connectivity index is 2.06. The third-order valence-electron chi connectivity index (χ3n) is 2.75. The molecule has 0 bridgehead atoms. The molecule has 2 rings (SSSR count). The second kappa shape index (κ2) is 6.81. The molecule has 1 N–H and O–H groups in total. The maximum absolute atomic E-state index is 10.8. The molecule has 20 heavy (non-hydrogen) atoms. The summed E-state index contributed by atoms with van der Waals surface area (Å²) < 4.78 is 5.20. The van der Waals surface area contributed by atoms with Gasteiger partial charge in [0.1, 0.15) is 0 Å². The quantitative estimate of drug-likeness (QED) is 0.833. The summed E-state index contributed by atoms with van der Waals surface area (Å²) >= 11 is 0. The van der Waals surface area contributed by atoms with Gasteiger partial charge in [-0.2, -0.15) is 4.98 Å². The van der Waals surface area contributed by atoms with E-state index in [1.54, 1.807) is 4.90 Å². The minimum atomic E-state index is -0.856. The highest BCUT2D eigenvalue weighted by Gasteiger charge is 2.14. The molecular weight excluding hydrogens is 258 g/mol. The summed E-state index contributed by atoms with van der Waals surface area (Å²) in [7, 11) is 0. The maximum Gasteiger partial charge on any atom is 0.317 e. The van der Waals surface area contributed by atoms with E-state index in [0.717, 1.165) is 12.0 Å². The van der Waals surface area contributed by atoms with Crippen LogP contribution in [-0.2, 0) is 11.3 Å². The van der Waals surface area contributed by atoms with Gasteiger partial charge < -0.3 is 9.63 Å². The summed E-state index contributed by atoms with van der Waals surface area (Å²) in [5.41, 5.74) is 0.853. The predicted molar refractivity (Wildman–Crippen MR) is 72.9 cm³/mol. The van der Waals surface area contributed by atoms with Crippen molar-refractivity contribution in [3.8, 4) is 11.5 Å². The monoisotopic (exact) mass is 275 g/mol. The number of carboxylic acid groups (broad SMARTS) is 1. The van der Waals surface area contributed by atoms with Crippen molar-refractivity contribution in [3.63, 3.8) is 0 Å². The van der Waals surface area contributed by atoms with Gasteiger partial charge >= 0.3 is 5.97 Å². The summed E-state index contributed by atoms with van der Waals surface area (Å²) in [6, 6.07) is 9.48. The van der Waals surface area contributed by atoms with E-state index in [2.05, 4.69) is 10.1 Å². The Labute approximate surface area is 117 Å². The van der Waals surface area contributed by atoms with Gasteiger partial charge in [-0.3, -0.25) is 9.69 Å². The molecule has 0 atom stereocenters. The van der Waals surface area contributed by atoms with E-state index >= 15 is 0 Å². The highest BCUT2D eigenvalue weighted by Crippen LogP contribution is 2.16. The molecule has 0 aliphatic heterocycles. The molecule has 0 fully saturated rings. The van der Waals surface area contributed by atoms with Gasteiger partial charge in [-0.1, -0.05) is 30.3 Å². The lowest BCUT2D eigenvalue weighted by molar-refractivity contribution is -0.138. The van der Waals surface area contributed by atoms with Crippen LogP contribution in [0.3, 0.4) is 0 Å². The fraction of sp³-hybridized carbons (Fsp3) is 0.357. The number of aromatic nitrogens is 2. The molecule has 6 nitrogen and oxygen atoms in total. The van der Waals surface area contributed by atoms with E-state index in [9.17, 15) is 4.79 Å². The van der Waals surface area contributed by atoms with Crippen molar-refractivity contribution in [3.05, 3.63) is 36.2 Å². The van der Waals surface area contributed by atoms with Gasteiger partial charge in [0.2, 0.25) is 0 Å². The number of aliphatic carboxylic acids is 1. The molecule has 0 spiro atoms. The Morgan fingerprint density at radius 2 is 2.10 bits per heavy atom. The molecule has 6 heteroatoms. The summed E-state index contributed by atoms with van der Waals surface area (Å²) in [5, 5.41) is 12.8. The van der Waals surface area contributed by atoms with Gasteiger partial charge in [0.15, 0.2) is 5.82 Å². The van der Waals surface area contributed by atoms with Crippen LogP contribution in [0, 0.1) is 0 Å². The van der Waals surface area contributed by atoms with Crippen LogP contribution in [0.25, 0.3) is 11.5 Å². The number of nitrogens with zero attached hydrogens (tertiary/aromatic N) is 3. The third-order valence-corrected chi connectivity index (χ3v) is 2.75. The summed E-state index contributed by atoms with van der Waals surface area (Å²) in [5.74, 6) is 0.0937. The summed E-state index contributed by atoms with van der Waals surface area (Å²) in [6.07, 6.45) is 0.872. The first-order valence-corrected chi connectivity index (χ1v) is 6.51. The number of carboxylic acids is 1. The molecule has 0 aliphatic rings. The number of rotatable bonds is 7. The standard InChI is InChI=1S/C14H17N3O3/c1-2-8-17(10-13(18)19)9-12-15-14(20-16-12)11-6-4-3-5-7-11/h3-7H,2,8-10H2,1H3,(H,18,19). The molecule has 2 aromatic rings. The van der Waals surface area contributed by atoms with Crippen LogP contribution in [0.5, 0.6) is 0 Å². The Bertz CT molecular complexity index is 554. The largest absolute Gasteiger partial charge is 0.480 e. The predicted octanol–water partition coefficient (Wildman–Crippen LogP) is 2.03. The Hall–Kier alpha value is -2.21. The van der Waals surface area contributed by atoms with Gasteiger partial charge in [0, 0.05) is 5.56 Å². The molecule has 0 saturated carbocycles. The summed E-state index contributed by atoms with van der Waals surface area (Å²) in [6.45, 7) is 3.03. The molecule has 0 radical (unpaired) electrons. The zero-order valence-corrected chi connectivity index (χ0v) is 11.3. The van der Waals surface area contributed by atoms with E-state index in [-0.39, 0.29) is 6.54 Å². The Morgan fingerprint density at radius 3 is 2.75 bits per heavy atom. The molecule has 106 valence electrons. The Kier molecular flexibility index (Phi) is 4.84. The Morgan fingerprint density at radius 1 is 1.35 bits per heavy atom. The molecule has 1 aromatic heterocycles. The van der Waals surface area contributed by atoms with Crippen LogP contribution in [0.15, 0.2) is 34.9 Å². The molecule has 1 aromatic carbocycles. The molecule has 0 saturated heterocycles. The van der Waals surface area contributed by atoms with Crippen molar-refractivity contribution in [1.29, 1.82) is 0 Å². The van der Waals surface area contributed by atoms with Gasteiger partial charge in [-0.15, -0.1) is 0 Å². The van der Waals surface area contributed by atoms with Crippen LogP contribution < -0.4 is 0 Å². The fourth-order valence-electron chi connectivity index (χ4n) is 1.94. The van der Waals surface area contributed by atoms with Crippen molar-refractivity contribution in [2.24, 2.45) is 0 Å². The topological polar surface area (TPSA) is 79.5 Å². The van der Waals surface area contributed by atoms with Crippen LogP contribution >= 0.6 is 0 Å². The highest BCUT2D eigenvalue weighted by molar-refractivity contribution is 5.69. The van der Waals surface area contributed by atoms with E-state index < -0.39 is 5.97 Å². The van der Waals surface area contributed by atoms with E-state index in [1.807, 2.05) is 37.3 Å². The minimum absolute atomic E-state index is 0.0248. The number of carbonyl (C=O) groups is 1. The van der Waals surface area contributed by atoms with E-state index in [1.165, 1.54) is 0 Å². The number of hydrogen-bond donors (Lipinski definition) is 1. The first-order valence-electron chi connectivity index (χ1n) is 6.51. The van der Waals surface area contributed by atoms with Crippen molar-refractivity contribution >= 4 is 5.97 Å². The van der Waals surface area contributed by atoms with Crippen LogP contribution in [-0.4, -0.2) is 39.2 Å².